The molecule has 0 bridgehead atoms. The first-order valence-electron chi connectivity index (χ1n) is 13.3. The number of oxazole rings is 1. The van der Waals surface area contributed by atoms with E-state index in [0.717, 1.165) is 33.0 Å². The van der Waals surface area contributed by atoms with Crippen molar-refractivity contribution in [2.75, 3.05) is 17.6 Å². The first-order chi connectivity index (χ1) is 19.9. The van der Waals surface area contributed by atoms with Gasteiger partial charge in [-0.15, -0.1) is 0 Å². The Morgan fingerprint density at radius 2 is 1.73 bits per heavy atom. The van der Waals surface area contributed by atoms with Gasteiger partial charge in [-0.3, -0.25) is 0 Å². The maximum atomic E-state index is 14.3. The van der Waals surface area contributed by atoms with E-state index in [-0.39, 0.29) is 17.5 Å². The van der Waals surface area contributed by atoms with Crippen molar-refractivity contribution in [3.63, 3.8) is 0 Å². The van der Waals surface area contributed by atoms with Gasteiger partial charge in [0.25, 0.3) is 10.0 Å². The van der Waals surface area contributed by atoms with Crippen molar-refractivity contribution in [2.24, 2.45) is 0 Å². The normalized spacial score (nSPS) is 11.8. The molecule has 5 rings (SSSR count). The number of hydrogen-bond donors (Lipinski definition) is 0. The molecular formula is C32H31N3O5S. The van der Waals surface area contributed by atoms with Gasteiger partial charge < -0.3 is 13.7 Å². The molecule has 0 saturated carbocycles. The van der Waals surface area contributed by atoms with Crippen molar-refractivity contribution in [1.29, 1.82) is 0 Å². The molecule has 0 fully saturated rings. The van der Waals surface area contributed by atoms with E-state index in [1.54, 1.807) is 38.2 Å². The molecule has 9 heteroatoms. The second-order valence-electron chi connectivity index (χ2n) is 9.47. The summed E-state index contributed by atoms with van der Waals surface area (Å²) in [6.45, 7) is 5.71. The molecule has 0 spiro atoms. The van der Waals surface area contributed by atoms with Crippen molar-refractivity contribution in [3.05, 3.63) is 108 Å². The maximum Gasteiger partial charge on any atom is 0.269 e. The second kappa shape index (κ2) is 12.4. The molecular weight excluding hydrogens is 538 g/mol. The number of nitrogens with zero attached hydrogens (tertiary/aromatic N) is 3. The zero-order valence-corrected chi connectivity index (χ0v) is 24.0. The Hall–Kier alpha value is -4.47. The third-order valence-electron chi connectivity index (χ3n) is 6.65. The van der Waals surface area contributed by atoms with Crippen molar-refractivity contribution in [1.82, 2.24) is 10.1 Å². The van der Waals surface area contributed by atoms with Crippen molar-refractivity contribution in [2.45, 2.75) is 32.1 Å². The summed E-state index contributed by atoms with van der Waals surface area (Å²) in [6.07, 6.45) is 7.81. The van der Waals surface area contributed by atoms with Gasteiger partial charge in [0.05, 0.1) is 16.8 Å². The lowest BCUT2D eigenvalue weighted by molar-refractivity contribution is 0.141. The quantitative estimate of drug-likeness (QED) is 0.0931. The van der Waals surface area contributed by atoms with E-state index in [2.05, 4.69) is 10.1 Å². The first-order valence-corrected chi connectivity index (χ1v) is 14.7. The minimum absolute atomic E-state index is 0.117. The van der Waals surface area contributed by atoms with Crippen LogP contribution in [0.1, 0.15) is 35.7 Å². The molecule has 2 aromatic heterocycles. The van der Waals surface area contributed by atoms with Crippen LogP contribution in [0.4, 0.5) is 5.88 Å². The summed E-state index contributed by atoms with van der Waals surface area (Å²) in [5.74, 6) is 0.610. The number of benzene rings is 3. The van der Waals surface area contributed by atoms with Crippen molar-refractivity contribution < 1.29 is 22.1 Å². The standard InChI is InChI=1S/C32H31N3O5S/c1-4-19-38-22-35(32-23(2)24(3)34-40-32)41(36,37)30-13-9-8-12-29(30)28-17-16-27(31-33-18-20-39-31)21-26(28)15-14-25-10-6-5-7-11-25/h5-18,20-21H,4,19,22H2,1-3H3. The molecule has 0 aliphatic carbocycles. The van der Waals surface area contributed by atoms with E-state index < -0.39 is 10.0 Å². The van der Waals surface area contributed by atoms with Crippen molar-refractivity contribution >= 4 is 28.1 Å². The largest absolute Gasteiger partial charge is 0.445 e. The zero-order valence-electron chi connectivity index (χ0n) is 23.2. The highest BCUT2D eigenvalue weighted by Gasteiger charge is 2.32. The fourth-order valence-corrected chi connectivity index (χ4v) is 5.94. The number of aromatic nitrogens is 2. The second-order valence-corrected chi connectivity index (χ2v) is 11.3. The predicted octanol–water partition coefficient (Wildman–Crippen LogP) is 7.36. The van der Waals surface area contributed by atoms with Gasteiger partial charge in [0.2, 0.25) is 11.8 Å². The van der Waals surface area contributed by atoms with Crippen LogP contribution in [-0.2, 0) is 14.8 Å². The molecule has 0 N–H and O–H groups in total. The lowest BCUT2D eigenvalue weighted by atomic mass is 9.96. The third-order valence-corrected chi connectivity index (χ3v) is 8.41. The lowest BCUT2D eigenvalue weighted by Crippen LogP contribution is -2.34. The molecule has 41 heavy (non-hydrogen) atoms. The van der Waals surface area contributed by atoms with Crippen LogP contribution in [0.5, 0.6) is 0 Å². The van der Waals surface area contributed by atoms with Gasteiger partial charge in [-0.05, 0) is 55.2 Å². The number of anilines is 1. The molecule has 0 unspecified atom stereocenters. The van der Waals surface area contributed by atoms with Crippen LogP contribution in [0, 0.1) is 13.8 Å². The molecule has 0 atom stereocenters. The maximum absolute atomic E-state index is 14.3. The van der Waals surface area contributed by atoms with Crippen LogP contribution in [-0.4, -0.2) is 31.9 Å². The highest BCUT2D eigenvalue weighted by molar-refractivity contribution is 7.93. The van der Waals surface area contributed by atoms with Crippen LogP contribution in [0.15, 0.2) is 99.1 Å². The van der Waals surface area contributed by atoms with E-state index in [9.17, 15) is 8.42 Å². The van der Waals surface area contributed by atoms with Crippen LogP contribution in [0.25, 0.3) is 34.7 Å². The number of rotatable bonds is 11. The van der Waals surface area contributed by atoms with Crippen molar-refractivity contribution in [3.8, 4) is 22.6 Å². The number of aryl methyl sites for hydroxylation is 1. The highest BCUT2D eigenvalue weighted by atomic mass is 32.2. The number of hydrogen-bond acceptors (Lipinski definition) is 7. The molecule has 2 heterocycles. The summed E-state index contributed by atoms with van der Waals surface area (Å²) in [6, 6.07) is 22.5. The van der Waals surface area contributed by atoms with Gasteiger partial charge in [0.15, 0.2) is 0 Å². The monoisotopic (exact) mass is 569 g/mol. The average molecular weight is 570 g/mol. The molecule has 210 valence electrons. The van der Waals surface area contributed by atoms with Crippen LogP contribution >= 0.6 is 0 Å². The van der Waals surface area contributed by atoms with Gasteiger partial charge >= 0.3 is 0 Å². The van der Waals surface area contributed by atoms with Crippen LogP contribution in [0.2, 0.25) is 0 Å². The van der Waals surface area contributed by atoms with E-state index >= 15 is 0 Å². The molecule has 3 aromatic carbocycles. The van der Waals surface area contributed by atoms with Crippen LogP contribution < -0.4 is 4.31 Å². The molecule has 8 nitrogen and oxygen atoms in total. The number of sulfonamides is 1. The number of ether oxygens (including phenoxy) is 1. The Balaban J connectivity index is 1.65. The Morgan fingerprint density at radius 3 is 2.44 bits per heavy atom. The Kier molecular flexibility index (Phi) is 8.47. The summed E-state index contributed by atoms with van der Waals surface area (Å²) in [5, 5.41) is 3.99. The first kappa shape index (κ1) is 28.1. The van der Waals surface area contributed by atoms with E-state index in [1.807, 2.05) is 73.7 Å². The zero-order chi connectivity index (χ0) is 28.8. The molecule has 0 radical (unpaired) electrons. The molecule has 0 amide bonds. The van der Waals surface area contributed by atoms with E-state index in [0.29, 0.717) is 29.3 Å². The molecule has 0 aliphatic rings. The fourth-order valence-electron chi connectivity index (χ4n) is 4.39. The highest BCUT2D eigenvalue weighted by Crippen LogP contribution is 2.37. The topological polar surface area (TPSA) is 98.7 Å². The van der Waals surface area contributed by atoms with Gasteiger partial charge in [-0.25, -0.2) is 17.7 Å². The minimum atomic E-state index is -4.14. The minimum Gasteiger partial charge on any atom is -0.445 e. The Morgan fingerprint density at radius 1 is 0.951 bits per heavy atom. The van der Waals surface area contributed by atoms with E-state index in [1.165, 1.54) is 6.26 Å². The summed E-state index contributed by atoms with van der Waals surface area (Å²) in [7, 11) is -4.14. The fraction of sp³-hybridized carbons (Fsp3) is 0.188. The summed E-state index contributed by atoms with van der Waals surface area (Å²) >= 11 is 0. The summed E-state index contributed by atoms with van der Waals surface area (Å²) < 4.78 is 46.6. The predicted molar refractivity (Wildman–Crippen MR) is 159 cm³/mol. The molecule has 0 saturated heterocycles. The average Bonchev–Trinajstić information content (AvgIpc) is 3.65. The SMILES string of the molecule is CCCOCN(c1onc(C)c1C)S(=O)(=O)c1ccccc1-c1ccc(-c2ncco2)cc1C=Cc1ccccc1. The summed E-state index contributed by atoms with van der Waals surface area (Å²) in [5.41, 5.74) is 5.09. The van der Waals surface area contributed by atoms with Gasteiger partial charge in [0.1, 0.15) is 13.0 Å². The third kappa shape index (κ3) is 6.01. The smallest absolute Gasteiger partial charge is 0.269 e. The van der Waals surface area contributed by atoms with Crippen LogP contribution in [0.3, 0.4) is 0 Å². The van der Waals surface area contributed by atoms with Gasteiger partial charge in [-0.1, -0.05) is 78.8 Å². The summed E-state index contributed by atoms with van der Waals surface area (Å²) in [4.78, 5) is 4.40. The Bertz CT molecular complexity index is 1740. The Labute approximate surface area is 240 Å². The van der Waals surface area contributed by atoms with E-state index in [4.69, 9.17) is 13.7 Å². The molecule has 0 aliphatic heterocycles. The lowest BCUT2D eigenvalue weighted by Gasteiger charge is -2.23. The van der Waals surface area contributed by atoms with Gasteiger partial charge in [0, 0.05) is 23.3 Å². The molecule has 5 aromatic rings. The van der Waals surface area contributed by atoms with Gasteiger partial charge in [-0.2, -0.15) is 0 Å².